The van der Waals surface area contributed by atoms with Crippen LogP contribution in [0.25, 0.3) is 11.0 Å². The molecule has 3 aromatic carbocycles. The molecule has 1 aliphatic heterocycles. The van der Waals surface area contributed by atoms with E-state index in [4.69, 9.17) is 18.6 Å². The number of likely N-dealkylation sites (tertiary alicyclic amines) is 1. The average molecular weight is 666 g/mol. The molecule has 7 nitrogen and oxygen atoms in total. The molecule has 0 N–H and O–H groups in total. The number of alkyl halides is 3. The standard InChI is InChI=1S/C38H42F3NO6/c1-4-5-6-11-22-45-28-16-13-27(14-17-28)37(44)47-32-19-18-30-33(43)35(46-29-15-12-25(2)26(3)23-29)36(38(39,40)41)48-34(30)31(32)24-42-20-9-7-8-10-21-42/h12-19,23H,4-11,20-22,24H2,1-3H3. The first-order valence-corrected chi connectivity index (χ1v) is 16.7. The maximum absolute atomic E-state index is 14.5. The van der Waals surface area contributed by atoms with Gasteiger partial charge in [0, 0.05) is 6.54 Å². The van der Waals surface area contributed by atoms with E-state index in [0.29, 0.717) is 25.4 Å². The fourth-order valence-electron chi connectivity index (χ4n) is 5.78. The summed E-state index contributed by atoms with van der Waals surface area (Å²) in [5.41, 5.74) is 0.885. The summed E-state index contributed by atoms with van der Waals surface area (Å²) in [7, 11) is 0. The average Bonchev–Trinajstić information content (AvgIpc) is 3.33. The lowest BCUT2D eigenvalue weighted by atomic mass is 10.1. The van der Waals surface area contributed by atoms with E-state index >= 15 is 0 Å². The third-order valence-electron chi connectivity index (χ3n) is 8.67. The Hall–Kier alpha value is -4.31. The zero-order valence-corrected chi connectivity index (χ0v) is 27.7. The highest BCUT2D eigenvalue weighted by Gasteiger charge is 2.41. The maximum atomic E-state index is 14.5. The van der Waals surface area contributed by atoms with E-state index in [-0.39, 0.29) is 40.1 Å². The van der Waals surface area contributed by atoms with Gasteiger partial charge in [-0.05, 0) is 106 Å². The number of benzene rings is 3. The van der Waals surface area contributed by atoms with Crippen molar-refractivity contribution in [3.63, 3.8) is 0 Å². The highest BCUT2D eigenvalue weighted by Crippen LogP contribution is 2.41. The minimum absolute atomic E-state index is 0.0205. The van der Waals surface area contributed by atoms with Crippen molar-refractivity contribution >= 4 is 16.9 Å². The fraction of sp³-hybridized carbons (Fsp3) is 0.421. The zero-order valence-electron chi connectivity index (χ0n) is 27.7. The van der Waals surface area contributed by atoms with Crippen LogP contribution in [0.5, 0.6) is 23.0 Å². The first-order valence-electron chi connectivity index (χ1n) is 16.7. The molecular formula is C38H42F3NO6. The molecule has 0 amide bonds. The summed E-state index contributed by atoms with van der Waals surface area (Å²) >= 11 is 0. The Morgan fingerprint density at radius 1 is 0.875 bits per heavy atom. The Morgan fingerprint density at radius 3 is 2.25 bits per heavy atom. The molecule has 0 saturated carbocycles. The molecule has 0 radical (unpaired) electrons. The van der Waals surface area contributed by atoms with Gasteiger partial charge in [-0.25, -0.2) is 4.79 Å². The molecule has 0 atom stereocenters. The van der Waals surface area contributed by atoms with Gasteiger partial charge in [-0.1, -0.05) is 45.1 Å². The SMILES string of the molecule is CCCCCCOc1ccc(C(=O)Oc2ccc3c(=O)c(Oc4ccc(C)c(C)c4)c(C(F)(F)F)oc3c2CN2CCCCCC2)cc1. The minimum atomic E-state index is -5.05. The number of nitrogens with zero attached hydrogens (tertiary/aromatic N) is 1. The topological polar surface area (TPSA) is 78.2 Å². The van der Waals surface area contributed by atoms with Crippen LogP contribution in [0.2, 0.25) is 0 Å². The Labute approximate surface area is 278 Å². The van der Waals surface area contributed by atoms with Gasteiger partial charge in [0.05, 0.1) is 23.1 Å². The molecule has 0 spiro atoms. The summed E-state index contributed by atoms with van der Waals surface area (Å²) < 4.78 is 66.3. The highest BCUT2D eigenvalue weighted by molar-refractivity contribution is 5.92. The van der Waals surface area contributed by atoms with Gasteiger partial charge in [0.15, 0.2) is 0 Å². The van der Waals surface area contributed by atoms with E-state index in [2.05, 4.69) is 11.8 Å². The molecule has 1 saturated heterocycles. The number of esters is 1. The van der Waals surface area contributed by atoms with Crippen LogP contribution in [0.4, 0.5) is 13.2 Å². The van der Waals surface area contributed by atoms with Crippen LogP contribution in [0.3, 0.4) is 0 Å². The second-order valence-electron chi connectivity index (χ2n) is 12.4. The van der Waals surface area contributed by atoms with E-state index in [1.165, 1.54) is 18.2 Å². The van der Waals surface area contributed by atoms with Gasteiger partial charge in [0.2, 0.25) is 11.2 Å². The second-order valence-corrected chi connectivity index (χ2v) is 12.4. The van der Waals surface area contributed by atoms with Crippen molar-refractivity contribution in [2.75, 3.05) is 19.7 Å². The quantitative estimate of drug-likeness (QED) is 0.0847. The van der Waals surface area contributed by atoms with Crippen LogP contribution in [0.1, 0.15) is 91.1 Å². The van der Waals surface area contributed by atoms with Crippen LogP contribution < -0.4 is 19.6 Å². The molecule has 0 unspecified atom stereocenters. The summed E-state index contributed by atoms with van der Waals surface area (Å²) in [5, 5.41) is -0.105. The summed E-state index contributed by atoms with van der Waals surface area (Å²) in [6.45, 7) is 7.91. The maximum Gasteiger partial charge on any atom is 0.453 e. The summed E-state index contributed by atoms with van der Waals surface area (Å²) in [6, 6.07) is 14.1. The third kappa shape index (κ3) is 8.58. The summed E-state index contributed by atoms with van der Waals surface area (Å²) in [5.74, 6) is -2.48. The van der Waals surface area contributed by atoms with Crippen molar-refractivity contribution in [1.82, 2.24) is 4.90 Å². The van der Waals surface area contributed by atoms with Crippen LogP contribution >= 0.6 is 0 Å². The highest BCUT2D eigenvalue weighted by atomic mass is 19.4. The Bertz CT molecular complexity index is 1770. The van der Waals surface area contributed by atoms with Crippen molar-refractivity contribution in [2.45, 2.75) is 84.9 Å². The number of aryl methyl sites for hydroxylation is 2. The van der Waals surface area contributed by atoms with Crippen molar-refractivity contribution in [3.8, 4) is 23.0 Å². The van der Waals surface area contributed by atoms with E-state index in [1.54, 1.807) is 43.3 Å². The van der Waals surface area contributed by atoms with E-state index in [0.717, 1.165) is 62.5 Å². The van der Waals surface area contributed by atoms with Crippen LogP contribution in [-0.4, -0.2) is 30.6 Å². The molecule has 2 heterocycles. The van der Waals surface area contributed by atoms with Crippen molar-refractivity contribution < 1.29 is 36.6 Å². The van der Waals surface area contributed by atoms with Gasteiger partial charge in [-0.2, -0.15) is 13.2 Å². The number of hydrogen-bond acceptors (Lipinski definition) is 7. The molecule has 0 aliphatic carbocycles. The van der Waals surface area contributed by atoms with Crippen LogP contribution in [-0.2, 0) is 12.7 Å². The summed E-state index contributed by atoms with van der Waals surface area (Å²) in [6.07, 6.45) is 3.16. The Morgan fingerprint density at radius 2 is 1.58 bits per heavy atom. The molecule has 1 aromatic heterocycles. The van der Waals surface area contributed by atoms with E-state index in [9.17, 15) is 22.8 Å². The molecule has 1 aliphatic rings. The molecule has 5 rings (SSSR count). The third-order valence-corrected chi connectivity index (χ3v) is 8.67. The van der Waals surface area contributed by atoms with Crippen molar-refractivity contribution in [1.29, 1.82) is 0 Å². The monoisotopic (exact) mass is 665 g/mol. The Balaban J connectivity index is 1.52. The number of hydrogen-bond donors (Lipinski definition) is 0. The number of fused-ring (bicyclic) bond motifs is 1. The molecular weight excluding hydrogens is 623 g/mol. The number of halogens is 3. The zero-order chi connectivity index (χ0) is 34.3. The predicted molar refractivity (Wildman–Crippen MR) is 178 cm³/mol. The molecule has 1 fully saturated rings. The van der Waals surface area contributed by atoms with Gasteiger partial charge < -0.3 is 18.6 Å². The fourth-order valence-corrected chi connectivity index (χ4v) is 5.78. The number of ether oxygens (including phenoxy) is 3. The number of unbranched alkanes of at least 4 members (excludes halogenated alkanes) is 3. The lowest BCUT2D eigenvalue weighted by molar-refractivity contribution is -0.154. The van der Waals surface area contributed by atoms with Crippen molar-refractivity contribution in [3.05, 3.63) is 92.8 Å². The molecule has 4 aromatic rings. The first kappa shape index (κ1) is 35.0. The lowest BCUT2D eigenvalue weighted by Crippen LogP contribution is -2.25. The van der Waals surface area contributed by atoms with Gasteiger partial charge in [0.25, 0.3) is 5.76 Å². The van der Waals surface area contributed by atoms with E-state index < -0.39 is 29.1 Å². The van der Waals surface area contributed by atoms with Gasteiger partial charge in [-0.3, -0.25) is 9.69 Å². The number of carbonyl (C=O) groups excluding carboxylic acids is 1. The van der Waals surface area contributed by atoms with E-state index in [1.807, 2.05) is 6.92 Å². The van der Waals surface area contributed by atoms with Crippen molar-refractivity contribution in [2.24, 2.45) is 0 Å². The molecule has 48 heavy (non-hydrogen) atoms. The first-order chi connectivity index (χ1) is 23.0. The van der Waals surface area contributed by atoms with Gasteiger partial charge in [0.1, 0.15) is 22.8 Å². The number of carbonyl (C=O) groups is 1. The van der Waals surface area contributed by atoms with Gasteiger partial charge >= 0.3 is 12.1 Å². The smallest absolute Gasteiger partial charge is 0.453 e. The minimum Gasteiger partial charge on any atom is -0.494 e. The molecule has 10 heteroatoms. The second kappa shape index (κ2) is 15.7. The largest absolute Gasteiger partial charge is 0.494 e. The summed E-state index contributed by atoms with van der Waals surface area (Å²) in [4.78, 5) is 29.2. The number of rotatable bonds is 12. The predicted octanol–water partition coefficient (Wildman–Crippen LogP) is 9.78. The molecule has 0 bridgehead atoms. The normalized spacial score (nSPS) is 14.1. The molecule has 256 valence electrons. The van der Waals surface area contributed by atoms with Gasteiger partial charge in [-0.15, -0.1) is 0 Å². The lowest BCUT2D eigenvalue weighted by Gasteiger charge is -2.22. The van der Waals surface area contributed by atoms with Crippen LogP contribution in [0.15, 0.2) is 63.8 Å². The van der Waals surface area contributed by atoms with Crippen LogP contribution in [0, 0.1) is 13.8 Å². The Kier molecular flexibility index (Phi) is 11.5.